The van der Waals surface area contributed by atoms with Gasteiger partial charge < -0.3 is 10.2 Å². The molecule has 1 aromatic carbocycles. The molecule has 116 valence electrons. The maximum Gasteiger partial charge on any atom is 0.292 e. The molecule has 0 aliphatic carbocycles. The lowest BCUT2D eigenvalue weighted by molar-refractivity contribution is -0.384. The van der Waals surface area contributed by atoms with E-state index in [0.717, 1.165) is 43.7 Å². The van der Waals surface area contributed by atoms with Crippen molar-refractivity contribution in [1.82, 2.24) is 5.32 Å². The zero-order chi connectivity index (χ0) is 15.2. The number of anilines is 1. The Balaban J connectivity index is 2.22. The van der Waals surface area contributed by atoms with Gasteiger partial charge in [-0.2, -0.15) is 0 Å². The Labute approximate surface area is 126 Å². The number of nitrogens with zero attached hydrogens (tertiary/aromatic N) is 2. The van der Waals surface area contributed by atoms with Crippen molar-refractivity contribution in [3.05, 3.63) is 33.9 Å². The number of aryl methyl sites for hydroxylation is 1. The van der Waals surface area contributed by atoms with Gasteiger partial charge in [0.15, 0.2) is 0 Å². The molecule has 1 unspecified atom stereocenters. The molecule has 5 heteroatoms. The van der Waals surface area contributed by atoms with Gasteiger partial charge in [0.25, 0.3) is 5.69 Å². The highest BCUT2D eigenvalue weighted by Crippen LogP contribution is 2.30. The molecule has 1 saturated heterocycles. The summed E-state index contributed by atoms with van der Waals surface area (Å²) in [6.45, 7) is 6.76. The minimum atomic E-state index is -0.265. The van der Waals surface area contributed by atoms with E-state index in [-0.39, 0.29) is 10.6 Å². The van der Waals surface area contributed by atoms with Crippen LogP contribution in [-0.4, -0.2) is 30.6 Å². The highest BCUT2D eigenvalue weighted by atomic mass is 16.6. The summed E-state index contributed by atoms with van der Waals surface area (Å²) in [5.41, 5.74) is 1.90. The highest BCUT2D eigenvalue weighted by Gasteiger charge is 2.22. The van der Waals surface area contributed by atoms with Gasteiger partial charge in [0.05, 0.1) is 4.92 Å². The molecular formula is C16H25N3O2. The van der Waals surface area contributed by atoms with Gasteiger partial charge in [-0.15, -0.1) is 0 Å². The first-order valence-corrected chi connectivity index (χ1v) is 7.85. The summed E-state index contributed by atoms with van der Waals surface area (Å²) >= 11 is 0. The molecule has 0 saturated carbocycles. The Morgan fingerprint density at radius 3 is 2.86 bits per heavy atom. The van der Waals surface area contributed by atoms with Gasteiger partial charge in [0.1, 0.15) is 5.69 Å². The third-order valence-corrected chi connectivity index (χ3v) is 4.01. The van der Waals surface area contributed by atoms with Crippen molar-refractivity contribution in [2.75, 3.05) is 24.5 Å². The maximum absolute atomic E-state index is 11.3. The standard InChI is InChI=1S/C16H25N3O2/c1-3-10-18(12-14-6-4-5-9-17-14)15-8-7-13(2)11-16(15)19(20)21/h7-8,11,14,17H,3-6,9-10,12H2,1-2H3. The zero-order valence-corrected chi connectivity index (χ0v) is 13.0. The Bertz CT molecular complexity index is 484. The van der Waals surface area contributed by atoms with Gasteiger partial charge in [0.2, 0.25) is 0 Å². The van der Waals surface area contributed by atoms with Crippen molar-refractivity contribution in [1.29, 1.82) is 0 Å². The first kappa shape index (κ1) is 15.8. The van der Waals surface area contributed by atoms with Crippen molar-refractivity contribution in [2.24, 2.45) is 0 Å². The van der Waals surface area contributed by atoms with Crippen LogP contribution in [-0.2, 0) is 0 Å². The molecule has 1 N–H and O–H groups in total. The molecule has 2 rings (SSSR count). The van der Waals surface area contributed by atoms with Crippen LogP contribution in [0.15, 0.2) is 18.2 Å². The predicted octanol–water partition coefficient (Wildman–Crippen LogP) is 3.26. The summed E-state index contributed by atoms with van der Waals surface area (Å²) in [5.74, 6) is 0. The second kappa shape index (κ2) is 7.41. The van der Waals surface area contributed by atoms with Gasteiger partial charge in [0, 0.05) is 25.2 Å². The number of nitro groups is 1. The van der Waals surface area contributed by atoms with Crippen molar-refractivity contribution >= 4 is 11.4 Å². The lowest BCUT2D eigenvalue weighted by Crippen LogP contribution is -2.44. The molecule has 1 aliphatic heterocycles. The molecule has 1 fully saturated rings. The molecule has 0 aromatic heterocycles. The van der Waals surface area contributed by atoms with Crippen molar-refractivity contribution in [3.63, 3.8) is 0 Å². The van der Waals surface area contributed by atoms with E-state index in [0.29, 0.717) is 6.04 Å². The number of benzene rings is 1. The first-order valence-electron chi connectivity index (χ1n) is 7.85. The summed E-state index contributed by atoms with van der Waals surface area (Å²) in [4.78, 5) is 13.2. The van der Waals surface area contributed by atoms with Gasteiger partial charge in [-0.1, -0.05) is 19.4 Å². The number of hydrogen-bond donors (Lipinski definition) is 1. The maximum atomic E-state index is 11.3. The van der Waals surface area contributed by atoms with Gasteiger partial charge in [-0.05, 0) is 44.4 Å². The molecule has 0 radical (unpaired) electrons. The first-order chi connectivity index (χ1) is 10.1. The SMILES string of the molecule is CCCN(CC1CCCCN1)c1ccc(C)cc1[N+](=O)[O-]. The van der Waals surface area contributed by atoms with Crippen LogP contribution in [0.4, 0.5) is 11.4 Å². The van der Waals surface area contributed by atoms with Crippen molar-refractivity contribution in [3.8, 4) is 0 Å². The van der Waals surface area contributed by atoms with Crippen LogP contribution in [0.25, 0.3) is 0 Å². The van der Waals surface area contributed by atoms with E-state index in [1.54, 1.807) is 6.07 Å². The molecule has 0 spiro atoms. The summed E-state index contributed by atoms with van der Waals surface area (Å²) in [6.07, 6.45) is 4.61. The van der Waals surface area contributed by atoms with Gasteiger partial charge in [-0.3, -0.25) is 10.1 Å². The van der Waals surface area contributed by atoms with E-state index < -0.39 is 0 Å². The molecule has 0 bridgehead atoms. The molecule has 1 aromatic rings. The number of nitro benzene ring substituents is 1. The fourth-order valence-corrected chi connectivity index (χ4v) is 2.97. The second-order valence-corrected chi connectivity index (χ2v) is 5.84. The van der Waals surface area contributed by atoms with E-state index in [9.17, 15) is 10.1 Å². The smallest absolute Gasteiger partial charge is 0.292 e. The van der Waals surface area contributed by atoms with E-state index in [1.165, 1.54) is 12.8 Å². The largest absolute Gasteiger partial charge is 0.364 e. The predicted molar refractivity (Wildman–Crippen MR) is 86.0 cm³/mol. The van der Waals surface area contributed by atoms with Crippen LogP contribution in [0, 0.1) is 17.0 Å². The van der Waals surface area contributed by atoms with Crippen LogP contribution in [0.1, 0.15) is 38.2 Å². The van der Waals surface area contributed by atoms with Gasteiger partial charge >= 0.3 is 0 Å². The van der Waals surface area contributed by atoms with Crippen molar-refractivity contribution < 1.29 is 4.92 Å². The number of hydrogen-bond acceptors (Lipinski definition) is 4. The molecule has 5 nitrogen and oxygen atoms in total. The minimum Gasteiger partial charge on any atom is -0.364 e. The molecule has 21 heavy (non-hydrogen) atoms. The molecule has 0 amide bonds. The number of nitrogens with one attached hydrogen (secondary N) is 1. The minimum absolute atomic E-state index is 0.222. The highest BCUT2D eigenvalue weighted by molar-refractivity contribution is 5.64. The third-order valence-electron chi connectivity index (χ3n) is 4.01. The van der Waals surface area contributed by atoms with Crippen molar-refractivity contribution in [2.45, 2.75) is 45.6 Å². The quantitative estimate of drug-likeness (QED) is 0.645. The second-order valence-electron chi connectivity index (χ2n) is 5.84. The van der Waals surface area contributed by atoms with Gasteiger partial charge in [-0.25, -0.2) is 0 Å². The van der Waals surface area contributed by atoms with Crippen LogP contribution >= 0.6 is 0 Å². The van der Waals surface area contributed by atoms with E-state index >= 15 is 0 Å². The fraction of sp³-hybridized carbons (Fsp3) is 0.625. The molecule has 1 atom stereocenters. The monoisotopic (exact) mass is 291 g/mol. The Morgan fingerprint density at radius 1 is 1.43 bits per heavy atom. The lowest BCUT2D eigenvalue weighted by Gasteiger charge is -2.31. The average Bonchev–Trinajstić information content (AvgIpc) is 2.48. The number of piperidine rings is 1. The molecule has 1 aliphatic rings. The zero-order valence-electron chi connectivity index (χ0n) is 13.0. The fourth-order valence-electron chi connectivity index (χ4n) is 2.97. The Morgan fingerprint density at radius 2 is 2.24 bits per heavy atom. The topological polar surface area (TPSA) is 58.4 Å². The third kappa shape index (κ3) is 4.17. The average molecular weight is 291 g/mol. The van der Waals surface area contributed by atoms with Crippen LogP contribution < -0.4 is 10.2 Å². The van der Waals surface area contributed by atoms with Crippen LogP contribution in [0.2, 0.25) is 0 Å². The summed E-state index contributed by atoms with van der Waals surface area (Å²) in [5, 5.41) is 14.9. The number of rotatable bonds is 6. The molecule has 1 heterocycles. The summed E-state index contributed by atoms with van der Waals surface area (Å²) < 4.78 is 0. The Kier molecular flexibility index (Phi) is 5.56. The van der Waals surface area contributed by atoms with E-state index in [1.807, 2.05) is 19.1 Å². The Hall–Kier alpha value is -1.62. The normalized spacial score (nSPS) is 18.5. The summed E-state index contributed by atoms with van der Waals surface area (Å²) in [6, 6.07) is 5.96. The lowest BCUT2D eigenvalue weighted by atomic mass is 10.0. The molecular weight excluding hydrogens is 266 g/mol. The van der Waals surface area contributed by atoms with E-state index in [2.05, 4.69) is 17.1 Å². The summed E-state index contributed by atoms with van der Waals surface area (Å²) in [7, 11) is 0. The van der Waals surface area contributed by atoms with Crippen LogP contribution in [0.5, 0.6) is 0 Å². The van der Waals surface area contributed by atoms with E-state index in [4.69, 9.17) is 0 Å². The van der Waals surface area contributed by atoms with Crippen LogP contribution in [0.3, 0.4) is 0 Å².